The molecule has 0 aliphatic carbocycles. The Morgan fingerprint density at radius 3 is 2.21 bits per heavy atom. The summed E-state index contributed by atoms with van der Waals surface area (Å²) < 4.78 is 0. The van der Waals surface area contributed by atoms with Gasteiger partial charge in [-0.25, -0.2) is 4.90 Å². The molecule has 2 amide bonds. The third-order valence-electron chi connectivity index (χ3n) is 6.57. The topological polar surface area (TPSA) is 53.5 Å². The number of likely N-dealkylation sites (N-methyl/N-ethyl adjacent to an activating group) is 1. The Balaban J connectivity index is 1.81. The Morgan fingerprint density at radius 2 is 1.56 bits per heavy atom. The fourth-order valence-electron chi connectivity index (χ4n) is 4.49. The molecule has 174 valence electrons. The summed E-state index contributed by atoms with van der Waals surface area (Å²) >= 11 is 0. The van der Waals surface area contributed by atoms with Gasteiger partial charge in [0, 0.05) is 25.5 Å². The molecule has 0 saturated carbocycles. The van der Waals surface area contributed by atoms with E-state index in [9.17, 15) is 9.59 Å². The van der Waals surface area contributed by atoms with Crippen LogP contribution >= 0.6 is 0 Å². The van der Waals surface area contributed by atoms with Crippen molar-refractivity contribution in [2.24, 2.45) is 0 Å². The predicted molar refractivity (Wildman–Crippen MR) is 136 cm³/mol. The lowest BCUT2D eigenvalue weighted by Gasteiger charge is -2.25. The molecule has 4 rings (SSSR count). The Hall–Kier alpha value is -3.73. The van der Waals surface area contributed by atoms with Crippen molar-refractivity contribution in [1.29, 1.82) is 0 Å². The second-order valence-corrected chi connectivity index (χ2v) is 8.94. The molecule has 3 aromatic rings. The van der Waals surface area contributed by atoms with Gasteiger partial charge in [0.2, 0.25) is 0 Å². The van der Waals surface area contributed by atoms with Crippen LogP contribution in [0.4, 0.5) is 5.69 Å². The molecule has 0 bridgehead atoms. The number of aromatic nitrogens is 1. The number of benzene rings is 2. The maximum absolute atomic E-state index is 13.9. The Morgan fingerprint density at radius 1 is 0.824 bits per heavy atom. The second kappa shape index (κ2) is 9.64. The van der Waals surface area contributed by atoms with Crippen molar-refractivity contribution in [2.45, 2.75) is 41.0 Å². The third-order valence-corrected chi connectivity index (χ3v) is 6.57. The van der Waals surface area contributed by atoms with Gasteiger partial charge in [0.15, 0.2) is 0 Å². The molecule has 0 fully saturated rings. The van der Waals surface area contributed by atoms with E-state index in [2.05, 4.69) is 4.98 Å². The highest BCUT2D eigenvalue weighted by atomic mass is 16.2. The van der Waals surface area contributed by atoms with E-state index in [0.29, 0.717) is 30.0 Å². The summed E-state index contributed by atoms with van der Waals surface area (Å²) in [6, 6.07) is 15.8. The van der Waals surface area contributed by atoms with E-state index in [0.717, 1.165) is 39.8 Å². The highest BCUT2D eigenvalue weighted by molar-refractivity contribution is 6.45. The molecule has 1 aromatic heterocycles. The first-order valence-electron chi connectivity index (χ1n) is 11.7. The van der Waals surface area contributed by atoms with E-state index in [-0.39, 0.29) is 11.8 Å². The van der Waals surface area contributed by atoms with Gasteiger partial charge >= 0.3 is 0 Å². The molecular weight excluding hydrogens is 422 g/mol. The zero-order valence-electron chi connectivity index (χ0n) is 20.6. The number of rotatable bonds is 7. The fraction of sp³-hybridized carbons (Fsp3) is 0.276. The third kappa shape index (κ3) is 4.38. The number of imide groups is 1. The molecule has 2 aromatic carbocycles. The summed E-state index contributed by atoms with van der Waals surface area (Å²) in [7, 11) is 0. The lowest BCUT2D eigenvalue weighted by Crippen LogP contribution is -2.36. The summed E-state index contributed by atoms with van der Waals surface area (Å²) in [5.74, 6) is -0.528. The van der Waals surface area contributed by atoms with Gasteiger partial charge in [-0.2, -0.15) is 0 Å². The van der Waals surface area contributed by atoms with E-state index in [1.165, 1.54) is 4.90 Å². The van der Waals surface area contributed by atoms with Crippen molar-refractivity contribution in [2.75, 3.05) is 18.0 Å². The quantitative estimate of drug-likeness (QED) is 0.464. The smallest absolute Gasteiger partial charge is 0.282 e. The molecule has 0 unspecified atom stereocenters. The minimum absolute atomic E-state index is 0.262. The molecule has 0 saturated heterocycles. The highest BCUT2D eigenvalue weighted by Gasteiger charge is 2.42. The monoisotopic (exact) mass is 453 g/mol. The minimum Gasteiger partial charge on any atom is -0.366 e. The van der Waals surface area contributed by atoms with Gasteiger partial charge in [-0.3, -0.25) is 14.6 Å². The van der Waals surface area contributed by atoms with Crippen molar-refractivity contribution in [1.82, 2.24) is 9.88 Å². The minimum atomic E-state index is -0.266. The van der Waals surface area contributed by atoms with Gasteiger partial charge in [-0.15, -0.1) is 0 Å². The number of hydrogen-bond donors (Lipinski definition) is 0. The van der Waals surface area contributed by atoms with Crippen LogP contribution in [0.3, 0.4) is 0 Å². The highest BCUT2D eigenvalue weighted by Crippen LogP contribution is 2.36. The first-order valence-corrected chi connectivity index (χ1v) is 11.7. The number of pyridine rings is 1. The number of anilines is 1. The first kappa shape index (κ1) is 23.4. The van der Waals surface area contributed by atoms with Gasteiger partial charge in [0.05, 0.1) is 11.3 Å². The molecule has 2 heterocycles. The van der Waals surface area contributed by atoms with Crippen LogP contribution in [0, 0.1) is 27.7 Å². The zero-order chi connectivity index (χ0) is 24.4. The van der Waals surface area contributed by atoms with Gasteiger partial charge in [-0.1, -0.05) is 35.9 Å². The van der Waals surface area contributed by atoms with Crippen molar-refractivity contribution in [3.8, 4) is 0 Å². The van der Waals surface area contributed by atoms with Crippen molar-refractivity contribution >= 4 is 23.1 Å². The van der Waals surface area contributed by atoms with Gasteiger partial charge in [0.25, 0.3) is 11.8 Å². The van der Waals surface area contributed by atoms with Crippen LogP contribution in [0.25, 0.3) is 5.57 Å². The number of hydrogen-bond acceptors (Lipinski definition) is 4. The maximum Gasteiger partial charge on any atom is 0.282 e. The van der Waals surface area contributed by atoms with E-state index in [1.54, 1.807) is 12.4 Å². The Kier molecular flexibility index (Phi) is 6.64. The normalized spacial score (nSPS) is 13.7. The van der Waals surface area contributed by atoms with Crippen LogP contribution in [0.5, 0.6) is 0 Å². The number of carbonyl (C=O) groups is 2. The SMILES string of the molecule is CCN(CCc1ccncc1)C1=C(c2ccc(C)c(C)c2)C(=O)N(c2ccc(C)cc2C)C1=O. The van der Waals surface area contributed by atoms with Crippen molar-refractivity contribution in [3.05, 3.63) is 100 Å². The lowest BCUT2D eigenvalue weighted by molar-refractivity contribution is -0.120. The first-order chi connectivity index (χ1) is 16.3. The fourth-order valence-corrected chi connectivity index (χ4v) is 4.49. The Labute approximate surface area is 201 Å². The number of aryl methyl sites for hydroxylation is 4. The zero-order valence-corrected chi connectivity index (χ0v) is 20.6. The Bertz CT molecular complexity index is 1280. The summed E-state index contributed by atoms with van der Waals surface area (Å²) in [5.41, 5.74) is 7.76. The van der Waals surface area contributed by atoms with Gasteiger partial charge in [0.1, 0.15) is 5.70 Å². The summed E-state index contributed by atoms with van der Waals surface area (Å²) in [5, 5.41) is 0. The molecule has 5 heteroatoms. The summed E-state index contributed by atoms with van der Waals surface area (Å²) in [6.45, 7) is 11.3. The van der Waals surface area contributed by atoms with E-state index in [4.69, 9.17) is 0 Å². The van der Waals surface area contributed by atoms with Crippen LogP contribution in [-0.2, 0) is 16.0 Å². The second-order valence-electron chi connectivity index (χ2n) is 8.94. The van der Waals surface area contributed by atoms with Crippen molar-refractivity contribution < 1.29 is 9.59 Å². The molecule has 34 heavy (non-hydrogen) atoms. The van der Waals surface area contributed by atoms with Crippen LogP contribution in [0.15, 0.2) is 66.6 Å². The number of carbonyl (C=O) groups excluding carboxylic acids is 2. The molecule has 0 spiro atoms. The maximum atomic E-state index is 13.9. The van der Waals surface area contributed by atoms with Crippen LogP contribution < -0.4 is 4.90 Å². The number of nitrogens with zero attached hydrogens (tertiary/aromatic N) is 3. The average Bonchev–Trinajstić information content (AvgIpc) is 3.07. The molecular formula is C29H31N3O2. The largest absolute Gasteiger partial charge is 0.366 e. The molecule has 5 nitrogen and oxygen atoms in total. The van der Waals surface area contributed by atoms with Crippen LogP contribution in [0.2, 0.25) is 0 Å². The molecule has 1 aliphatic heterocycles. The van der Waals surface area contributed by atoms with Crippen LogP contribution in [0.1, 0.15) is 40.3 Å². The van der Waals surface area contributed by atoms with Gasteiger partial charge in [-0.05, 0) is 87.1 Å². The number of amides is 2. The lowest BCUT2D eigenvalue weighted by atomic mass is 9.99. The van der Waals surface area contributed by atoms with E-state index < -0.39 is 0 Å². The van der Waals surface area contributed by atoms with Gasteiger partial charge < -0.3 is 4.90 Å². The van der Waals surface area contributed by atoms with Crippen LogP contribution in [-0.4, -0.2) is 34.8 Å². The van der Waals surface area contributed by atoms with E-state index in [1.807, 2.05) is 88.0 Å². The summed E-state index contributed by atoms with van der Waals surface area (Å²) in [6.07, 6.45) is 4.31. The molecule has 1 aliphatic rings. The van der Waals surface area contributed by atoms with E-state index >= 15 is 0 Å². The molecule has 0 radical (unpaired) electrons. The average molecular weight is 454 g/mol. The summed E-state index contributed by atoms with van der Waals surface area (Å²) in [4.78, 5) is 35.2. The standard InChI is InChI=1S/C29H31N3O2/c1-6-31(16-13-23-11-14-30-15-12-23)27-26(24-9-8-20(3)21(4)18-24)28(33)32(29(27)34)25-10-7-19(2)17-22(25)5/h7-12,14-15,17-18H,6,13,16H2,1-5H3. The molecule has 0 N–H and O–H groups in total. The molecule has 0 atom stereocenters. The predicted octanol–water partition coefficient (Wildman–Crippen LogP) is 5.16. The van der Waals surface area contributed by atoms with Crippen molar-refractivity contribution in [3.63, 3.8) is 0 Å².